The van der Waals surface area contributed by atoms with Crippen LogP contribution in [0.5, 0.6) is 0 Å². The lowest BCUT2D eigenvalue weighted by Gasteiger charge is -2.21. The molecule has 1 atom stereocenters. The molecule has 6 nitrogen and oxygen atoms in total. The Kier molecular flexibility index (Phi) is 4.46. The molecule has 0 aliphatic heterocycles. The van der Waals surface area contributed by atoms with E-state index in [1.165, 1.54) is 25.7 Å². The van der Waals surface area contributed by atoms with Crippen LogP contribution in [-0.2, 0) is 0 Å². The zero-order valence-electron chi connectivity index (χ0n) is 15.3. The summed E-state index contributed by atoms with van der Waals surface area (Å²) in [5.41, 5.74) is 2.75. The third kappa shape index (κ3) is 2.98. The SMILES string of the molecule is CC(C)c1nc(-c2cnn([C@H](CC#N)C3CCCC3)c2)c2cc[nH]c2n1. The van der Waals surface area contributed by atoms with Gasteiger partial charge in [0.1, 0.15) is 11.5 Å². The van der Waals surface area contributed by atoms with Crippen molar-refractivity contribution in [1.29, 1.82) is 5.26 Å². The van der Waals surface area contributed by atoms with E-state index in [9.17, 15) is 5.26 Å². The Morgan fingerprint density at radius 2 is 2.12 bits per heavy atom. The highest BCUT2D eigenvalue weighted by Crippen LogP contribution is 2.36. The highest BCUT2D eigenvalue weighted by molar-refractivity contribution is 5.90. The minimum Gasteiger partial charge on any atom is -0.346 e. The molecule has 1 fully saturated rings. The zero-order chi connectivity index (χ0) is 18.1. The molecule has 26 heavy (non-hydrogen) atoms. The van der Waals surface area contributed by atoms with Crippen LogP contribution in [0.3, 0.4) is 0 Å². The first-order valence-corrected chi connectivity index (χ1v) is 9.44. The van der Waals surface area contributed by atoms with E-state index in [-0.39, 0.29) is 12.0 Å². The maximum atomic E-state index is 9.28. The van der Waals surface area contributed by atoms with Gasteiger partial charge < -0.3 is 4.98 Å². The smallest absolute Gasteiger partial charge is 0.141 e. The molecule has 0 spiro atoms. The second-order valence-corrected chi connectivity index (χ2v) is 7.51. The van der Waals surface area contributed by atoms with E-state index >= 15 is 0 Å². The number of hydrogen-bond acceptors (Lipinski definition) is 4. The number of aromatic nitrogens is 5. The topological polar surface area (TPSA) is 83.2 Å². The highest BCUT2D eigenvalue weighted by Gasteiger charge is 2.27. The lowest BCUT2D eigenvalue weighted by atomic mass is 9.96. The van der Waals surface area contributed by atoms with Crippen molar-refractivity contribution in [3.63, 3.8) is 0 Å². The molecular formula is C20H24N6. The maximum absolute atomic E-state index is 9.28. The molecule has 0 radical (unpaired) electrons. The summed E-state index contributed by atoms with van der Waals surface area (Å²) in [6, 6.07) is 4.52. The fourth-order valence-corrected chi connectivity index (χ4v) is 3.99. The summed E-state index contributed by atoms with van der Waals surface area (Å²) in [6.07, 6.45) is 11.2. The first kappa shape index (κ1) is 16.8. The summed E-state index contributed by atoms with van der Waals surface area (Å²) in [5.74, 6) is 1.62. The number of nitriles is 1. The Balaban J connectivity index is 1.74. The van der Waals surface area contributed by atoms with Crippen LogP contribution in [0.15, 0.2) is 24.7 Å². The van der Waals surface area contributed by atoms with Gasteiger partial charge in [0.15, 0.2) is 0 Å². The standard InChI is InChI=1S/C20H24N6/c1-13(2)19-24-18(16-8-10-22-20(16)25-19)15-11-23-26(12-15)17(7-9-21)14-5-3-4-6-14/h8,10-14,17H,3-7H2,1-2H3,(H,22,24,25)/t17-/m1/s1. The molecule has 0 aromatic carbocycles. The van der Waals surface area contributed by atoms with Crippen LogP contribution in [0.1, 0.15) is 63.7 Å². The van der Waals surface area contributed by atoms with Crippen molar-refractivity contribution in [2.24, 2.45) is 5.92 Å². The molecule has 6 heteroatoms. The Morgan fingerprint density at radius 1 is 1.31 bits per heavy atom. The van der Waals surface area contributed by atoms with E-state index in [0.717, 1.165) is 28.1 Å². The zero-order valence-corrected chi connectivity index (χ0v) is 15.3. The second kappa shape index (κ2) is 6.91. The third-order valence-corrected chi connectivity index (χ3v) is 5.41. The van der Waals surface area contributed by atoms with E-state index in [1.807, 2.05) is 23.1 Å². The summed E-state index contributed by atoms with van der Waals surface area (Å²) in [6.45, 7) is 4.20. The van der Waals surface area contributed by atoms with Gasteiger partial charge in [-0.05, 0) is 24.8 Å². The van der Waals surface area contributed by atoms with E-state index in [1.54, 1.807) is 0 Å². The second-order valence-electron chi connectivity index (χ2n) is 7.51. The van der Waals surface area contributed by atoms with Gasteiger partial charge in [-0.15, -0.1) is 0 Å². The fourth-order valence-electron chi connectivity index (χ4n) is 3.99. The summed E-state index contributed by atoms with van der Waals surface area (Å²) < 4.78 is 1.99. The molecule has 3 heterocycles. The van der Waals surface area contributed by atoms with Crippen LogP contribution in [0.2, 0.25) is 0 Å². The third-order valence-electron chi connectivity index (χ3n) is 5.41. The van der Waals surface area contributed by atoms with Crippen molar-refractivity contribution in [1.82, 2.24) is 24.7 Å². The Morgan fingerprint density at radius 3 is 2.85 bits per heavy atom. The Bertz CT molecular complexity index is 939. The predicted molar refractivity (Wildman–Crippen MR) is 100 cm³/mol. The molecule has 1 aliphatic carbocycles. The predicted octanol–water partition coefficient (Wildman–Crippen LogP) is 4.59. The van der Waals surface area contributed by atoms with Crippen LogP contribution in [0, 0.1) is 17.2 Å². The van der Waals surface area contributed by atoms with E-state index in [4.69, 9.17) is 4.98 Å². The normalized spacial score (nSPS) is 16.4. The van der Waals surface area contributed by atoms with Crippen molar-refractivity contribution in [3.8, 4) is 17.3 Å². The summed E-state index contributed by atoms with van der Waals surface area (Å²) in [5, 5.41) is 14.9. The Hall–Kier alpha value is -2.68. The number of H-pyrrole nitrogens is 1. The van der Waals surface area contributed by atoms with Crippen molar-refractivity contribution in [2.45, 2.75) is 57.9 Å². The van der Waals surface area contributed by atoms with Gasteiger partial charge in [-0.25, -0.2) is 9.97 Å². The van der Waals surface area contributed by atoms with E-state index in [0.29, 0.717) is 12.3 Å². The van der Waals surface area contributed by atoms with Gasteiger partial charge in [0, 0.05) is 29.3 Å². The highest BCUT2D eigenvalue weighted by atomic mass is 15.3. The fraction of sp³-hybridized carbons (Fsp3) is 0.500. The van der Waals surface area contributed by atoms with Crippen molar-refractivity contribution < 1.29 is 0 Å². The molecule has 1 saturated carbocycles. The van der Waals surface area contributed by atoms with Gasteiger partial charge >= 0.3 is 0 Å². The molecular weight excluding hydrogens is 324 g/mol. The lowest BCUT2D eigenvalue weighted by Crippen LogP contribution is -2.17. The average Bonchev–Trinajstić information content (AvgIpc) is 3.39. The van der Waals surface area contributed by atoms with Gasteiger partial charge in [-0.1, -0.05) is 26.7 Å². The summed E-state index contributed by atoms with van der Waals surface area (Å²) >= 11 is 0. The molecule has 3 aromatic heterocycles. The van der Waals surface area contributed by atoms with E-state index in [2.05, 4.69) is 41.2 Å². The molecule has 1 N–H and O–H groups in total. The van der Waals surface area contributed by atoms with Gasteiger partial charge in [0.05, 0.1) is 30.4 Å². The minimum atomic E-state index is 0.157. The summed E-state index contributed by atoms with van der Waals surface area (Å²) in [7, 11) is 0. The van der Waals surface area contributed by atoms with Gasteiger partial charge in [0.2, 0.25) is 0 Å². The quantitative estimate of drug-likeness (QED) is 0.731. The Labute approximate surface area is 153 Å². The van der Waals surface area contributed by atoms with Crippen molar-refractivity contribution >= 4 is 11.0 Å². The molecule has 1 aliphatic rings. The van der Waals surface area contributed by atoms with Gasteiger partial charge in [0.25, 0.3) is 0 Å². The van der Waals surface area contributed by atoms with Crippen molar-refractivity contribution in [3.05, 3.63) is 30.5 Å². The first-order chi connectivity index (χ1) is 12.7. The van der Waals surface area contributed by atoms with Crippen LogP contribution in [-0.4, -0.2) is 24.7 Å². The summed E-state index contributed by atoms with van der Waals surface area (Å²) in [4.78, 5) is 12.6. The first-order valence-electron chi connectivity index (χ1n) is 9.44. The van der Waals surface area contributed by atoms with Crippen LogP contribution >= 0.6 is 0 Å². The molecule has 0 bridgehead atoms. The molecule has 0 saturated heterocycles. The number of aromatic amines is 1. The largest absolute Gasteiger partial charge is 0.346 e. The number of hydrogen-bond donors (Lipinski definition) is 1. The molecule has 0 amide bonds. The minimum absolute atomic E-state index is 0.157. The molecule has 3 aromatic rings. The van der Waals surface area contributed by atoms with Crippen LogP contribution in [0.4, 0.5) is 0 Å². The monoisotopic (exact) mass is 348 g/mol. The average molecular weight is 348 g/mol. The van der Waals surface area contributed by atoms with Gasteiger partial charge in [-0.2, -0.15) is 10.4 Å². The lowest BCUT2D eigenvalue weighted by molar-refractivity contribution is 0.315. The maximum Gasteiger partial charge on any atom is 0.141 e. The van der Waals surface area contributed by atoms with Crippen molar-refractivity contribution in [2.75, 3.05) is 0 Å². The number of fused-ring (bicyclic) bond motifs is 1. The molecule has 0 unspecified atom stereocenters. The van der Waals surface area contributed by atoms with E-state index < -0.39 is 0 Å². The van der Waals surface area contributed by atoms with Crippen LogP contribution in [0.25, 0.3) is 22.3 Å². The molecule has 134 valence electrons. The van der Waals surface area contributed by atoms with Gasteiger partial charge in [-0.3, -0.25) is 4.68 Å². The number of nitrogens with zero attached hydrogens (tertiary/aromatic N) is 5. The molecule has 4 rings (SSSR count). The number of rotatable bonds is 5. The number of nitrogens with one attached hydrogen (secondary N) is 1. The van der Waals surface area contributed by atoms with Crippen LogP contribution < -0.4 is 0 Å².